The van der Waals surface area contributed by atoms with Crippen LogP contribution in [0, 0.1) is 20.8 Å². The fourth-order valence-electron chi connectivity index (χ4n) is 2.87. The Balaban J connectivity index is 2.18. The third kappa shape index (κ3) is 2.30. The number of aryl methyl sites for hydroxylation is 3. The molecule has 0 radical (unpaired) electrons. The molecule has 1 aromatic carbocycles. The quantitative estimate of drug-likeness (QED) is 0.789. The highest BCUT2D eigenvalue weighted by Gasteiger charge is 2.21. The van der Waals surface area contributed by atoms with Crippen LogP contribution in [-0.2, 0) is 0 Å². The number of aliphatic hydroxyl groups excluding tert-OH is 1. The van der Waals surface area contributed by atoms with Crippen LogP contribution in [-0.4, -0.2) is 19.5 Å². The molecule has 0 aliphatic heterocycles. The number of aliphatic hydroxyl groups is 1. The van der Waals surface area contributed by atoms with Gasteiger partial charge in [-0.2, -0.15) is 0 Å². The Bertz CT molecular complexity index is 802. The maximum atomic E-state index is 10.8. The van der Waals surface area contributed by atoms with Gasteiger partial charge in [0, 0.05) is 12.4 Å². The number of benzene rings is 1. The lowest BCUT2D eigenvalue weighted by Gasteiger charge is -2.17. The van der Waals surface area contributed by atoms with E-state index < -0.39 is 6.10 Å². The van der Waals surface area contributed by atoms with Gasteiger partial charge in [-0.1, -0.05) is 29.3 Å². The lowest BCUT2D eigenvalue weighted by molar-refractivity contribution is 0.207. The highest BCUT2D eigenvalue weighted by molar-refractivity contribution is 6.32. The van der Waals surface area contributed by atoms with Gasteiger partial charge in [-0.25, -0.2) is 9.97 Å². The first-order valence-corrected chi connectivity index (χ1v) is 7.10. The van der Waals surface area contributed by atoms with E-state index in [2.05, 4.69) is 22.1 Å². The number of imidazole rings is 1. The van der Waals surface area contributed by atoms with E-state index >= 15 is 0 Å². The summed E-state index contributed by atoms with van der Waals surface area (Å²) in [6.07, 6.45) is 4.19. The Morgan fingerprint density at radius 1 is 1.14 bits per heavy atom. The standard InChI is InChI=1S/C16H16ClN3O/c1-9-6-10(2)13(11(3)7-9)14(21)16-19-8-12-15(17)18-4-5-20(12)16/h4-8,14,21H,1-3H3. The van der Waals surface area contributed by atoms with Crippen LogP contribution >= 0.6 is 11.6 Å². The van der Waals surface area contributed by atoms with Crippen molar-refractivity contribution in [2.75, 3.05) is 0 Å². The van der Waals surface area contributed by atoms with Gasteiger partial charge in [0.25, 0.3) is 0 Å². The van der Waals surface area contributed by atoms with Crippen molar-refractivity contribution in [2.24, 2.45) is 0 Å². The van der Waals surface area contributed by atoms with Crippen LogP contribution < -0.4 is 0 Å². The van der Waals surface area contributed by atoms with Gasteiger partial charge < -0.3 is 5.11 Å². The highest BCUT2D eigenvalue weighted by Crippen LogP contribution is 2.29. The van der Waals surface area contributed by atoms with Gasteiger partial charge >= 0.3 is 0 Å². The van der Waals surface area contributed by atoms with Crippen LogP contribution in [0.1, 0.15) is 34.2 Å². The first-order valence-electron chi connectivity index (χ1n) is 6.72. The van der Waals surface area contributed by atoms with Gasteiger partial charge in [-0.05, 0) is 37.5 Å². The Kier molecular flexibility index (Phi) is 3.43. The third-order valence-electron chi connectivity index (χ3n) is 3.70. The smallest absolute Gasteiger partial charge is 0.154 e. The minimum atomic E-state index is -0.799. The molecule has 4 nitrogen and oxygen atoms in total. The molecular weight excluding hydrogens is 286 g/mol. The average Bonchev–Trinajstić information content (AvgIpc) is 2.82. The fraction of sp³-hybridized carbons (Fsp3) is 0.250. The monoisotopic (exact) mass is 301 g/mol. The van der Waals surface area contributed by atoms with Crippen molar-refractivity contribution < 1.29 is 5.11 Å². The summed E-state index contributed by atoms with van der Waals surface area (Å²) in [5.41, 5.74) is 4.87. The number of fused-ring (bicyclic) bond motifs is 1. The number of hydrogen-bond acceptors (Lipinski definition) is 3. The van der Waals surface area contributed by atoms with E-state index in [4.69, 9.17) is 11.6 Å². The van der Waals surface area contributed by atoms with E-state index in [-0.39, 0.29) is 0 Å². The molecule has 0 saturated carbocycles. The summed E-state index contributed by atoms with van der Waals surface area (Å²) in [6.45, 7) is 6.05. The number of halogens is 1. The van der Waals surface area contributed by atoms with Crippen molar-refractivity contribution in [1.82, 2.24) is 14.4 Å². The molecule has 5 heteroatoms. The summed E-state index contributed by atoms with van der Waals surface area (Å²) in [6, 6.07) is 4.13. The van der Waals surface area contributed by atoms with Gasteiger partial charge in [0.1, 0.15) is 17.4 Å². The maximum Gasteiger partial charge on any atom is 0.154 e. The lowest BCUT2D eigenvalue weighted by Crippen LogP contribution is -2.09. The molecule has 108 valence electrons. The van der Waals surface area contributed by atoms with E-state index in [0.717, 1.165) is 16.7 Å². The number of aromatic nitrogens is 3. The summed E-state index contributed by atoms with van der Waals surface area (Å²) in [5.74, 6) is 0.546. The SMILES string of the molecule is Cc1cc(C)c(C(O)c2ncc3c(Cl)nccn23)c(C)c1. The zero-order valence-corrected chi connectivity index (χ0v) is 12.9. The Morgan fingerprint density at radius 2 is 1.81 bits per heavy atom. The van der Waals surface area contributed by atoms with E-state index in [1.165, 1.54) is 5.56 Å². The Hall–Kier alpha value is -1.91. The van der Waals surface area contributed by atoms with Gasteiger partial charge in [0.2, 0.25) is 0 Å². The molecular formula is C16H16ClN3O. The van der Waals surface area contributed by atoms with Crippen LogP contribution in [0.2, 0.25) is 5.15 Å². The van der Waals surface area contributed by atoms with Crippen molar-refractivity contribution >= 4 is 17.1 Å². The first-order chi connectivity index (χ1) is 9.99. The van der Waals surface area contributed by atoms with Crippen molar-refractivity contribution in [3.63, 3.8) is 0 Å². The van der Waals surface area contributed by atoms with Gasteiger partial charge in [-0.15, -0.1) is 0 Å². The van der Waals surface area contributed by atoms with Crippen molar-refractivity contribution in [1.29, 1.82) is 0 Å². The van der Waals surface area contributed by atoms with Crippen LogP contribution in [0.3, 0.4) is 0 Å². The van der Waals surface area contributed by atoms with Crippen LogP contribution in [0.4, 0.5) is 0 Å². The molecule has 2 heterocycles. The molecule has 0 bridgehead atoms. The predicted octanol–water partition coefficient (Wildman–Crippen LogP) is 3.39. The Labute approximate surface area is 128 Å². The summed E-state index contributed by atoms with van der Waals surface area (Å²) in [5, 5.41) is 11.2. The normalized spacial score (nSPS) is 12.8. The summed E-state index contributed by atoms with van der Waals surface area (Å²) >= 11 is 6.05. The van der Waals surface area contributed by atoms with Crippen molar-refractivity contribution in [2.45, 2.75) is 26.9 Å². The van der Waals surface area contributed by atoms with Crippen molar-refractivity contribution in [3.8, 4) is 0 Å². The minimum Gasteiger partial charge on any atom is -0.380 e. The van der Waals surface area contributed by atoms with Gasteiger partial charge in [-0.3, -0.25) is 4.40 Å². The van der Waals surface area contributed by atoms with Gasteiger partial charge in [0.15, 0.2) is 5.15 Å². The molecule has 2 aromatic heterocycles. The molecule has 1 atom stereocenters. The van der Waals surface area contributed by atoms with Crippen molar-refractivity contribution in [3.05, 3.63) is 64.0 Å². The molecule has 21 heavy (non-hydrogen) atoms. The summed E-state index contributed by atoms with van der Waals surface area (Å²) in [4.78, 5) is 8.35. The minimum absolute atomic E-state index is 0.376. The highest BCUT2D eigenvalue weighted by atomic mass is 35.5. The molecule has 0 aliphatic rings. The lowest BCUT2D eigenvalue weighted by atomic mass is 9.95. The second-order valence-electron chi connectivity index (χ2n) is 5.30. The zero-order chi connectivity index (χ0) is 15.1. The second-order valence-corrected chi connectivity index (χ2v) is 5.66. The van der Waals surface area contributed by atoms with E-state index in [1.807, 2.05) is 20.8 Å². The molecule has 0 aliphatic carbocycles. The largest absolute Gasteiger partial charge is 0.380 e. The number of nitrogens with zero attached hydrogens (tertiary/aromatic N) is 3. The average molecular weight is 302 g/mol. The second kappa shape index (κ2) is 5.13. The summed E-state index contributed by atoms with van der Waals surface area (Å²) in [7, 11) is 0. The fourth-order valence-corrected chi connectivity index (χ4v) is 3.07. The molecule has 1 unspecified atom stereocenters. The molecule has 1 N–H and O–H groups in total. The first kappa shape index (κ1) is 14.0. The van der Waals surface area contributed by atoms with Crippen LogP contribution in [0.25, 0.3) is 5.52 Å². The molecule has 0 fully saturated rings. The predicted molar refractivity (Wildman–Crippen MR) is 82.7 cm³/mol. The van der Waals surface area contributed by atoms with Crippen LogP contribution in [0.15, 0.2) is 30.7 Å². The molecule has 3 aromatic rings. The van der Waals surface area contributed by atoms with Gasteiger partial charge in [0.05, 0.1) is 6.20 Å². The topological polar surface area (TPSA) is 50.4 Å². The van der Waals surface area contributed by atoms with E-state index in [9.17, 15) is 5.11 Å². The Morgan fingerprint density at radius 3 is 2.48 bits per heavy atom. The molecule has 0 saturated heterocycles. The van der Waals surface area contributed by atoms with E-state index in [0.29, 0.717) is 16.5 Å². The summed E-state index contributed by atoms with van der Waals surface area (Å²) < 4.78 is 1.78. The number of hydrogen-bond donors (Lipinski definition) is 1. The maximum absolute atomic E-state index is 10.8. The zero-order valence-electron chi connectivity index (χ0n) is 12.1. The molecule has 3 rings (SSSR count). The van der Waals surface area contributed by atoms with Crippen LogP contribution in [0.5, 0.6) is 0 Å². The molecule has 0 spiro atoms. The van der Waals surface area contributed by atoms with E-state index in [1.54, 1.807) is 23.0 Å². The number of rotatable bonds is 2. The third-order valence-corrected chi connectivity index (χ3v) is 3.99. The molecule has 0 amide bonds.